The second-order valence-corrected chi connectivity index (χ2v) is 11.7. The van der Waals surface area contributed by atoms with Crippen LogP contribution in [0.5, 0.6) is 0 Å². The molecule has 2 aliphatic rings. The van der Waals surface area contributed by atoms with Crippen molar-refractivity contribution in [2.24, 2.45) is 0 Å². The number of carbonyl (C=O) groups excluding carboxylic acids is 1. The lowest BCUT2D eigenvalue weighted by atomic mass is 9.73. The summed E-state index contributed by atoms with van der Waals surface area (Å²) in [6.07, 6.45) is 2.54. The Kier molecular flexibility index (Phi) is 7.40. The number of carbonyl (C=O) groups is 1. The van der Waals surface area contributed by atoms with E-state index in [9.17, 15) is 9.35 Å². The first-order valence-corrected chi connectivity index (χ1v) is 13.9. The summed E-state index contributed by atoms with van der Waals surface area (Å²) < 4.78 is 37.8. The zero-order valence-electron chi connectivity index (χ0n) is 21.2. The van der Waals surface area contributed by atoms with Crippen LogP contribution in [0.15, 0.2) is 54.6 Å². The molecule has 0 saturated carbocycles. The van der Waals surface area contributed by atoms with Crippen LogP contribution < -0.4 is 5.73 Å². The van der Waals surface area contributed by atoms with Gasteiger partial charge in [0.25, 0.3) is 5.91 Å². The van der Waals surface area contributed by atoms with Crippen molar-refractivity contribution in [3.05, 3.63) is 82.8 Å². The van der Waals surface area contributed by atoms with Crippen molar-refractivity contribution >= 4 is 23.1 Å². The van der Waals surface area contributed by atoms with E-state index in [0.717, 1.165) is 18.4 Å². The number of ether oxygens (including phenoxy) is 1. The molecule has 3 aromatic rings. The third-order valence-corrected chi connectivity index (χ3v) is 9.67. The van der Waals surface area contributed by atoms with Crippen molar-refractivity contribution in [1.29, 1.82) is 0 Å². The van der Waals surface area contributed by atoms with Crippen LogP contribution in [-0.2, 0) is 28.1 Å². The molecule has 9 heteroatoms. The van der Waals surface area contributed by atoms with Crippen LogP contribution in [0.25, 0.3) is 0 Å². The Labute approximate surface area is 220 Å². The molecule has 2 fully saturated rings. The maximum Gasteiger partial charge on any atom is 0.259 e. The highest BCUT2D eigenvalue weighted by Gasteiger charge is 2.44. The Bertz CT molecular complexity index is 1260. The summed E-state index contributed by atoms with van der Waals surface area (Å²) in [6.45, 7) is 4.83. The Balaban J connectivity index is 1.42. The highest BCUT2D eigenvalue weighted by molar-refractivity contribution is 7.89. The summed E-state index contributed by atoms with van der Waals surface area (Å²) in [5.41, 5.74) is 7.82. The average Bonchev–Trinajstić information content (AvgIpc) is 3.25. The lowest BCUT2D eigenvalue weighted by Gasteiger charge is -2.39. The van der Waals surface area contributed by atoms with E-state index in [1.54, 1.807) is 19.1 Å². The van der Waals surface area contributed by atoms with Gasteiger partial charge in [0, 0.05) is 48.2 Å². The molecular weight excluding hydrogens is 491 g/mol. The van der Waals surface area contributed by atoms with Crippen LogP contribution in [0.2, 0.25) is 0 Å². The number of rotatable bonds is 5. The standard InChI is InChI=1S/C28H33FN4O3S/c1-19-16-26(30)33(31-19)27(34)28(12-14-36-15-13-28)23-10-9-22(24(29)17-23)18-32-20(2)8-11-25(37(32)35)21-6-4-3-5-7-21/h3-7,9-10,16-17,20,25H,8,11-15,18,30H2,1-2H3/t20-,25+,37?/m0/s1. The van der Waals surface area contributed by atoms with E-state index < -0.39 is 22.6 Å². The first kappa shape index (κ1) is 25.9. The summed E-state index contributed by atoms with van der Waals surface area (Å²) in [5, 5.41) is 4.18. The summed E-state index contributed by atoms with van der Waals surface area (Å²) in [5.74, 6) is -0.420. The molecule has 2 saturated heterocycles. The van der Waals surface area contributed by atoms with E-state index in [-0.39, 0.29) is 29.6 Å². The smallest absolute Gasteiger partial charge is 0.259 e. The SMILES string of the molecule is Cc1cc(N)n(C(=O)C2(c3ccc(CN4[C@@H](C)CC[C@H](c5ccccc5)[S+]4[O-])c(F)c3)CCOCC2)n1. The van der Waals surface area contributed by atoms with Crippen LogP contribution in [0.3, 0.4) is 0 Å². The largest absolute Gasteiger partial charge is 0.597 e. The highest BCUT2D eigenvalue weighted by Crippen LogP contribution is 2.40. The number of aryl methyl sites for hydroxylation is 1. The van der Waals surface area contributed by atoms with Crippen molar-refractivity contribution < 1.29 is 18.5 Å². The minimum atomic E-state index is -1.29. The first-order chi connectivity index (χ1) is 17.8. The Hall–Kier alpha value is -2.72. The van der Waals surface area contributed by atoms with Crippen LogP contribution in [0.1, 0.15) is 65.0 Å². The molecule has 3 atom stereocenters. The number of hydrogen-bond acceptors (Lipinski definition) is 6. The molecule has 196 valence electrons. The third-order valence-electron chi connectivity index (χ3n) is 7.72. The van der Waals surface area contributed by atoms with Gasteiger partial charge in [0.05, 0.1) is 23.7 Å². The zero-order valence-corrected chi connectivity index (χ0v) is 22.0. The molecule has 1 unspecified atom stereocenters. The van der Waals surface area contributed by atoms with Crippen LogP contribution >= 0.6 is 0 Å². The average molecular weight is 525 g/mol. The Morgan fingerprint density at radius 3 is 2.57 bits per heavy atom. The number of halogens is 1. The Morgan fingerprint density at radius 1 is 1.19 bits per heavy atom. The van der Waals surface area contributed by atoms with Crippen LogP contribution in [0.4, 0.5) is 10.2 Å². The van der Waals surface area contributed by atoms with E-state index in [2.05, 4.69) is 5.10 Å². The number of nitrogens with zero attached hydrogens (tertiary/aromatic N) is 3. The minimum absolute atomic E-state index is 0.0642. The maximum absolute atomic E-state index is 15.6. The highest BCUT2D eigenvalue weighted by atomic mass is 32.2. The molecule has 0 radical (unpaired) electrons. The summed E-state index contributed by atoms with van der Waals surface area (Å²) in [6, 6.07) is 16.6. The number of nitrogen functional groups attached to an aromatic ring is 1. The van der Waals surface area contributed by atoms with Gasteiger partial charge in [0.2, 0.25) is 0 Å². The summed E-state index contributed by atoms with van der Waals surface area (Å²) >= 11 is -1.29. The Morgan fingerprint density at radius 2 is 1.92 bits per heavy atom. The van der Waals surface area contributed by atoms with Crippen molar-refractivity contribution in [1.82, 2.24) is 14.1 Å². The van der Waals surface area contributed by atoms with E-state index >= 15 is 4.39 Å². The van der Waals surface area contributed by atoms with Gasteiger partial charge in [0.1, 0.15) is 11.6 Å². The number of anilines is 1. The van der Waals surface area contributed by atoms with E-state index in [1.807, 2.05) is 47.6 Å². The van der Waals surface area contributed by atoms with Crippen LogP contribution in [-0.4, -0.2) is 43.8 Å². The quantitative estimate of drug-likeness (QED) is 0.487. The fourth-order valence-corrected chi connectivity index (χ4v) is 7.30. The second-order valence-electron chi connectivity index (χ2n) is 10.1. The molecule has 1 aromatic heterocycles. The van der Waals surface area contributed by atoms with E-state index in [1.165, 1.54) is 10.7 Å². The predicted molar refractivity (Wildman–Crippen MR) is 142 cm³/mol. The second kappa shape index (κ2) is 10.6. The van der Waals surface area contributed by atoms with Gasteiger partial charge in [-0.2, -0.15) is 9.78 Å². The predicted octanol–water partition coefficient (Wildman–Crippen LogP) is 4.69. The normalized spacial score (nSPS) is 24.2. The monoisotopic (exact) mass is 524 g/mol. The molecule has 7 nitrogen and oxygen atoms in total. The number of nitrogens with two attached hydrogens (primary N) is 1. The van der Waals surface area contributed by atoms with E-state index in [4.69, 9.17) is 10.5 Å². The number of benzene rings is 2. The van der Waals surface area contributed by atoms with Gasteiger partial charge >= 0.3 is 0 Å². The number of aromatic nitrogens is 2. The van der Waals surface area contributed by atoms with E-state index in [0.29, 0.717) is 42.9 Å². The molecule has 37 heavy (non-hydrogen) atoms. The summed E-state index contributed by atoms with van der Waals surface area (Å²) in [4.78, 5) is 13.7. The van der Waals surface area contributed by atoms with Gasteiger partial charge in [-0.15, -0.1) is 4.31 Å². The maximum atomic E-state index is 15.6. The fourth-order valence-electron chi connectivity index (χ4n) is 5.52. The molecule has 3 heterocycles. The molecule has 5 rings (SSSR count). The van der Waals surface area contributed by atoms with Gasteiger partial charge in [-0.25, -0.2) is 4.39 Å². The molecule has 2 aliphatic heterocycles. The molecule has 0 spiro atoms. The van der Waals surface area contributed by atoms with Crippen molar-refractivity contribution in [2.45, 2.75) is 62.8 Å². The summed E-state index contributed by atoms with van der Waals surface area (Å²) in [7, 11) is 0. The van der Waals surface area contributed by atoms with Crippen molar-refractivity contribution in [2.75, 3.05) is 18.9 Å². The van der Waals surface area contributed by atoms with Gasteiger partial charge in [0.15, 0.2) is 5.25 Å². The minimum Gasteiger partial charge on any atom is -0.597 e. The van der Waals surface area contributed by atoms with Crippen molar-refractivity contribution in [3.63, 3.8) is 0 Å². The molecular formula is C28H33FN4O3S. The molecule has 0 bridgehead atoms. The van der Waals surface area contributed by atoms with Gasteiger partial charge in [-0.1, -0.05) is 42.5 Å². The lowest BCUT2D eigenvalue weighted by Crippen LogP contribution is -2.45. The number of hydrogen-bond donors (Lipinski definition) is 1. The topological polar surface area (TPSA) is 96.4 Å². The van der Waals surface area contributed by atoms with Crippen molar-refractivity contribution in [3.8, 4) is 0 Å². The molecule has 0 amide bonds. The lowest BCUT2D eigenvalue weighted by molar-refractivity contribution is 0.0356. The molecule has 0 aliphatic carbocycles. The van der Waals surface area contributed by atoms with Crippen LogP contribution in [0, 0.1) is 12.7 Å². The first-order valence-electron chi connectivity index (χ1n) is 12.8. The third kappa shape index (κ3) is 4.93. The molecule has 2 N–H and O–H groups in total. The zero-order chi connectivity index (χ0) is 26.2. The van der Waals surface area contributed by atoms with Gasteiger partial charge in [-0.3, -0.25) is 4.79 Å². The fraction of sp³-hybridized carbons (Fsp3) is 0.429. The van der Waals surface area contributed by atoms with Gasteiger partial charge < -0.3 is 15.0 Å². The van der Waals surface area contributed by atoms with Gasteiger partial charge in [-0.05, 0) is 44.7 Å². The molecule has 2 aromatic carbocycles.